The molecule has 0 aliphatic heterocycles. The van der Waals surface area contributed by atoms with Gasteiger partial charge in [0.05, 0.1) is 6.54 Å². The first-order chi connectivity index (χ1) is 8.22. The molecular formula is C11H9N3O3. The summed E-state index contributed by atoms with van der Waals surface area (Å²) in [4.78, 5) is 26.9. The van der Waals surface area contributed by atoms with Gasteiger partial charge in [0.1, 0.15) is 6.54 Å². The van der Waals surface area contributed by atoms with Crippen LogP contribution in [0.2, 0.25) is 0 Å². The molecule has 0 saturated carbocycles. The minimum Gasteiger partial charge on any atom is -0.406 e. The average molecular weight is 231 g/mol. The molecule has 0 fully saturated rings. The molecule has 17 heavy (non-hydrogen) atoms. The number of hydrogen-bond acceptors (Lipinski definition) is 4. The number of rotatable bonds is 3. The number of terminal acetylenes is 1. The van der Waals surface area contributed by atoms with Crippen LogP contribution in [0.5, 0.6) is 0 Å². The highest BCUT2D eigenvalue weighted by Crippen LogP contribution is 2.07. The summed E-state index contributed by atoms with van der Waals surface area (Å²) in [6.45, 7) is -0.0404. The highest BCUT2D eigenvalue weighted by atomic mass is 16.4. The third-order valence-electron chi connectivity index (χ3n) is 2.11. The van der Waals surface area contributed by atoms with Crippen LogP contribution in [0.25, 0.3) is 11.2 Å². The van der Waals surface area contributed by atoms with E-state index in [9.17, 15) is 9.59 Å². The van der Waals surface area contributed by atoms with Gasteiger partial charge in [-0.15, -0.1) is 6.42 Å². The van der Waals surface area contributed by atoms with E-state index in [1.165, 1.54) is 6.20 Å². The van der Waals surface area contributed by atoms with Gasteiger partial charge in [-0.3, -0.25) is 4.79 Å². The molecule has 0 saturated heterocycles. The van der Waals surface area contributed by atoms with Crippen molar-refractivity contribution in [2.75, 3.05) is 6.54 Å². The van der Waals surface area contributed by atoms with Gasteiger partial charge in [0.15, 0.2) is 11.2 Å². The number of nitrogens with zero attached hydrogens (tertiary/aromatic N) is 2. The normalized spacial score (nSPS) is 10.1. The van der Waals surface area contributed by atoms with E-state index in [-0.39, 0.29) is 19.0 Å². The fourth-order valence-electron chi connectivity index (χ4n) is 1.39. The molecule has 2 aromatic rings. The zero-order chi connectivity index (χ0) is 12.3. The number of oxazole rings is 1. The molecule has 0 aliphatic rings. The molecule has 6 nitrogen and oxygen atoms in total. The first-order valence-electron chi connectivity index (χ1n) is 4.87. The zero-order valence-corrected chi connectivity index (χ0v) is 8.84. The maximum atomic E-state index is 11.5. The summed E-state index contributed by atoms with van der Waals surface area (Å²) >= 11 is 0. The molecule has 86 valence electrons. The van der Waals surface area contributed by atoms with Crippen LogP contribution in [0.1, 0.15) is 0 Å². The smallest absolute Gasteiger partial charge is 0.406 e. The maximum Gasteiger partial charge on any atom is 0.421 e. The predicted molar refractivity (Wildman–Crippen MR) is 60.1 cm³/mol. The first kappa shape index (κ1) is 11.0. The van der Waals surface area contributed by atoms with Crippen molar-refractivity contribution in [1.82, 2.24) is 14.9 Å². The number of carbonyl (C=O) groups excluding carboxylic acids is 1. The van der Waals surface area contributed by atoms with Crippen LogP contribution in [0, 0.1) is 12.3 Å². The predicted octanol–water partition coefficient (Wildman–Crippen LogP) is -0.261. The zero-order valence-electron chi connectivity index (χ0n) is 8.84. The lowest BCUT2D eigenvalue weighted by Gasteiger charge is -2.01. The molecule has 2 aromatic heterocycles. The van der Waals surface area contributed by atoms with Crippen molar-refractivity contribution in [3.63, 3.8) is 0 Å². The molecule has 2 heterocycles. The van der Waals surface area contributed by atoms with Crippen LogP contribution in [0.4, 0.5) is 0 Å². The van der Waals surface area contributed by atoms with Crippen molar-refractivity contribution >= 4 is 17.1 Å². The van der Waals surface area contributed by atoms with Gasteiger partial charge in [0.25, 0.3) is 0 Å². The van der Waals surface area contributed by atoms with Crippen molar-refractivity contribution in [1.29, 1.82) is 0 Å². The summed E-state index contributed by atoms with van der Waals surface area (Å²) in [6, 6.07) is 3.26. The van der Waals surface area contributed by atoms with Gasteiger partial charge in [0, 0.05) is 6.20 Å². The minimum atomic E-state index is -0.616. The van der Waals surface area contributed by atoms with Gasteiger partial charge in [0.2, 0.25) is 5.91 Å². The fourth-order valence-corrected chi connectivity index (χ4v) is 1.39. The Morgan fingerprint density at radius 1 is 1.65 bits per heavy atom. The number of carbonyl (C=O) groups is 1. The molecule has 2 rings (SSSR count). The number of nitrogens with one attached hydrogen (secondary N) is 1. The van der Waals surface area contributed by atoms with Crippen LogP contribution in [0.15, 0.2) is 27.5 Å². The van der Waals surface area contributed by atoms with Crippen molar-refractivity contribution in [2.45, 2.75) is 6.54 Å². The molecule has 6 heteroatoms. The molecule has 0 radical (unpaired) electrons. The highest BCUT2D eigenvalue weighted by Gasteiger charge is 2.12. The second-order valence-corrected chi connectivity index (χ2v) is 3.26. The SMILES string of the molecule is C#CCNC(=O)Cn1c(=O)oc2cccnc21. The van der Waals surface area contributed by atoms with Crippen LogP contribution in [-0.2, 0) is 11.3 Å². The van der Waals surface area contributed by atoms with E-state index in [2.05, 4.69) is 16.2 Å². The summed E-state index contributed by atoms with van der Waals surface area (Å²) < 4.78 is 6.08. The summed E-state index contributed by atoms with van der Waals surface area (Å²) in [5, 5.41) is 2.46. The Hall–Kier alpha value is -2.55. The van der Waals surface area contributed by atoms with E-state index >= 15 is 0 Å². The van der Waals surface area contributed by atoms with Crippen LogP contribution >= 0.6 is 0 Å². The second kappa shape index (κ2) is 4.53. The Kier molecular flexibility index (Phi) is 2.92. The van der Waals surface area contributed by atoms with Gasteiger partial charge < -0.3 is 9.73 Å². The van der Waals surface area contributed by atoms with Crippen molar-refractivity contribution < 1.29 is 9.21 Å². The Bertz CT molecular complexity index is 648. The lowest BCUT2D eigenvalue weighted by atomic mass is 10.4. The molecule has 0 aliphatic carbocycles. The van der Waals surface area contributed by atoms with Crippen LogP contribution < -0.4 is 11.1 Å². The van der Waals surface area contributed by atoms with Crippen LogP contribution in [0.3, 0.4) is 0 Å². The fraction of sp³-hybridized carbons (Fsp3) is 0.182. The summed E-state index contributed by atoms with van der Waals surface area (Å²) in [6.07, 6.45) is 6.53. The molecule has 0 unspecified atom stereocenters. The summed E-state index contributed by atoms with van der Waals surface area (Å²) in [7, 11) is 0. The first-order valence-corrected chi connectivity index (χ1v) is 4.87. The van der Waals surface area contributed by atoms with Gasteiger partial charge in [-0.1, -0.05) is 5.92 Å². The molecule has 0 atom stereocenters. The highest BCUT2D eigenvalue weighted by molar-refractivity contribution is 5.78. The Morgan fingerprint density at radius 3 is 3.24 bits per heavy atom. The topological polar surface area (TPSA) is 77.1 Å². The van der Waals surface area contributed by atoms with E-state index in [1.807, 2.05) is 0 Å². The molecule has 1 N–H and O–H groups in total. The third kappa shape index (κ3) is 2.18. The van der Waals surface area contributed by atoms with E-state index in [1.54, 1.807) is 12.1 Å². The van der Waals surface area contributed by atoms with Crippen molar-refractivity contribution in [3.8, 4) is 12.3 Å². The Labute approximate surface area is 96.3 Å². The van der Waals surface area contributed by atoms with Crippen molar-refractivity contribution in [2.24, 2.45) is 0 Å². The van der Waals surface area contributed by atoms with Gasteiger partial charge in [-0.2, -0.15) is 0 Å². The van der Waals surface area contributed by atoms with Crippen LogP contribution in [-0.4, -0.2) is 22.0 Å². The lowest BCUT2D eigenvalue weighted by Crippen LogP contribution is -2.31. The number of amides is 1. The quantitative estimate of drug-likeness (QED) is 0.738. The number of pyridine rings is 1. The molecule has 0 spiro atoms. The summed E-state index contributed by atoms with van der Waals surface area (Å²) in [5.41, 5.74) is 0.690. The molecular weight excluding hydrogens is 222 g/mol. The van der Waals surface area contributed by atoms with Gasteiger partial charge >= 0.3 is 5.76 Å². The Morgan fingerprint density at radius 2 is 2.47 bits per heavy atom. The molecule has 0 bridgehead atoms. The maximum absolute atomic E-state index is 11.5. The molecule has 1 amide bonds. The lowest BCUT2D eigenvalue weighted by molar-refractivity contribution is -0.121. The number of aromatic nitrogens is 2. The monoisotopic (exact) mass is 231 g/mol. The Balaban J connectivity index is 2.30. The van der Waals surface area contributed by atoms with E-state index in [0.29, 0.717) is 11.2 Å². The summed E-state index contributed by atoms with van der Waals surface area (Å²) in [5.74, 6) is 1.29. The minimum absolute atomic E-state index is 0.122. The van der Waals surface area contributed by atoms with Gasteiger partial charge in [-0.05, 0) is 12.1 Å². The average Bonchev–Trinajstić information content (AvgIpc) is 2.64. The standard InChI is InChI=1S/C11H9N3O3/c1-2-5-12-9(15)7-14-10-8(17-11(14)16)4-3-6-13-10/h1,3-4,6H,5,7H2,(H,12,15). The third-order valence-corrected chi connectivity index (χ3v) is 2.11. The van der Waals surface area contributed by atoms with E-state index in [4.69, 9.17) is 10.8 Å². The largest absolute Gasteiger partial charge is 0.421 e. The number of fused-ring (bicyclic) bond motifs is 1. The van der Waals surface area contributed by atoms with Gasteiger partial charge in [-0.25, -0.2) is 14.3 Å². The number of hydrogen-bond donors (Lipinski definition) is 1. The van der Waals surface area contributed by atoms with Crippen molar-refractivity contribution in [3.05, 3.63) is 28.9 Å². The van der Waals surface area contributed by atoms with E-state index in [0.717, 1.165) is 4.57 Å². The second-order valence-electron chi connectivity index (χ2n) is 3.26. The molecule has 0 aromatic carbocycles. The van der Waals surface area contributed by atoms with E-state index < -0.39 is 5.76 Å².